The van der Waals surface area contributed by atoms with Gasteiger partial charge in [0, 0.05) is 19.6 Å². The molecule has 5 N–H and O–H groups in total. The monoisotopic (exact) mass is 560 g/mol. The van der Waals surface area contributed by atoms with E-state index in [2.05, 4.69) is 24.1 Å². The van der Waals surface area contributed by atoms with E-state index in [0.717, 1.165) is 62.4 Å². The lowest BCUT2D eigenvalue weighted by Crippen LogP contribution is -2.45. The smallest absolute Gasteiger partial charge is 0.490 e. The minimum Gasteiger partial charge on any atom is -0.494 e. The first-order valence-electron chi connectivity index (χ1n) is 11.7. The van der Waals surface area contributed by atoms with E-state index in [-0.39, 0.29) is 0 Å². The van der Waals surface area contributed by atoms with Gasteiger partial charge in [-0.1, -0.05) is 13.8 Å². The molecule has 9 nitrogen and oxygen atoms in total. The normalized spacial score (nSPS) is 14.4. The first-order valence-corrected chi connectivity index (χ1v) is 11.7. The van der Waals surface area contributed by atoms with Crippen LogP contribution in [0.3, 0.4) is 0 Å². The standard InChI is InChI=1S/C19H32N4O.2C2HF3O2/c1-3-15-24-18-7-5-17(6-8-18)22-19(21-12-4-11-20)23-13-9-16(2)10-14-23;2*3-2(4,5)1(6)7/h5-8,16H,3-4,9-15,20H2,1-2H3,(H,21,22);2*(H,6,7). The van der Waals surface area contributed by atoms with Crippen molar-refractivity contribution < 1.29 is 50.9 Å². The van der Waals surface area contributed by atoms with Crippen LogP contribution < -0.4 is 15.8 Å². The molecule has 0 radical (unpaired) electrons. The molecule has 0 amide bonds. The number of nitrogens with zero attached hydrogens (tertiary/aromatic N) is 2. The summed E-state index contributed by atoms with van der Waals surface area (Å²) in [6.07, 6.45) is -5.75. The molecule has 1 aromatic carbocycles. The first-order chi connectivity index (χ1) is 17.6. The molecule has 0 aliphatic carbocycles. The third-order valence-corrected chi connectivity index (χ3v) is 4.78. The summed E-state index contributed by atoms with van der Waals surface area (Å²) in [5, 5.41) is 17.7. The number of benzene rings is 1. The number of ether oxygens (including phenoxy) is 1. The zero-order chi connectivity index (χ0) is 29.4. The van der Waals surface area contributed by atoms with E-state index < -0.39 is 24.3 Å². The van der Waals surface area contributed by atoms with Crippen LogP contribution in [0, 0.1) is 5.92 Å². The van der Waals surface area contributed by atoms with Crippen LogP contribution in [0.5, 0.6) is 5.75 Å². The zero-order valence-electron chi connectivity index (χ0n) is 21.1. The van der Waals surface area contributed by atoms with Crippen LogP contribution in [0.2, 0.25) is 0 Å². The topological polar surface area (TPSA) is 137 Å². The van der Waals surface area contributed by atoms with Gasteiger partial charge in [-0.3, -0.25) is 0 Å². The van der Waals surface area contributed by atoms with Crippen molar-refractivity contribution in [3.8, 4) is 5.75 Å². The maximum absolute atomic E-state index is 10.6. The van der Waals surface area contributed by atoms with Gasteiger partial charge in [0.25, 0.3) is 0 Å². The number of piperidine rings is 1. The van der Waals surface area contributed by atoms with Crippen LogP contribution in [0.4, 0.5) is 32.0 Å². The fourth-order valence-electron chi connectivity index (χ4n) is 2.70. The molecule has 1 aliphatic heterocycles. The Hall–Kier alpha value is -3.23. The molecule has 2 rings (SSSR count). The lowest BCUT2D eigenvalue weighted by Gasteiger charge is -2.33. The van der Waals surface area contributed by atoms with Crippen molar-refractivity contribution in [2.75, 3.05) is 32.8 Å². The number of alkyl halides is 6. The molecule has 0 spiro atoms. The van der Waals surface area contributed by atoms with Gasteiger partial charge in [0.2, 0.25) is 0 Å². The highest BCUT2D eigenvalue weighted by Crippen LogP contribution is 2.21. The predicted octanol–water partition coefficient (Wildman–Crippen LogP) is 4.40. The SMILES string of the molecule is CCCOc1ccc(/N=C(\NCCCN)N2CCC(C)CC2)cc1.O=C(O)C(F)(F)F.O=C(O)C(F)(F)F. The number of aliphatic imine (C=N–C) groups is 1. The van der Waals surface area contributed by atoms with Crippen molar-refractivity contribution in [2.45, 2.75) is 51.9 Å². The molecular weight excluding hydrogens is 526 g/mol. The fraction of sp³-hybridized carbons (Fsp3) is 0.609. The van der Waals surface area contributed by atoms with Gasteiger partial charge in [-0.15, -0.1) is 0 Å². The Morgan fingerprint density at radius 1 is 1.05 bits per heavy atom. The van der Waals surface area contributed by atoms with E-state index in [9.17, 15) is 26.3 Å². The lowest BCUT2D eigenvalue weighted by atomic mass is 9.99. The van der Waals surface area contributed by atoms with E-state index in [4.69, 9.17) is 35.3 Å². The Labute approximate surface area is 216 Å². The van der Waals surface area contributed by atoms with Crippen LogP contribution in [-0.4, -0.2) is 78.1 Å². The van der Waals surface area contributed by atoms with Crippen molar-refractivity contribution >= 4 is 23.6 Å². The maximum Gasteiger partial charge on any atom is 0.490 e. The van der Waals surface area contributed by atoms with Gasteiger partial charge in [0.05, 0.1) is 12.3 Å². The number of likely N-dealkylation sites (tertiary alicyclic amines) is 1. The molecule has 1 fully saturated rings. The van der Waals surface area contributed by atoms with Gasteiger partial charge in [-0.2, -0.15) is 26.3 Å². The summed E-state index contributed by atoms with van der Waals surface area (Å²) < 4.78 is 69.1. The molecule has 15 heteroatoms. The summed E-state index contributed by atoms with van der Waals surface area (Å²) in [5.41, 5.74) is 6.56. The third kappa shape index (κ3) is 15.8. The summed E-state index contributed by atoms with van der Waals surface area (Å²) in [5.74, 6) is -2.83. The van der Waals surface area contributed by atoms with E-state index >= 15 is 0 Å². The van der Waals surface area contributed by atoms with Crippen LogP contribution in [0.1, 0.15) is 39.5 Å². The van der Waals surface area contributed by atoms with Crippen molar-refractivity contribution in [2.24, 2.45) is 16.6 Å². The average molecular weight is 561 g/mol. The molecule has 0 unspecified atom stereocenters. The lowest BCUT2D eigenvalue weighted by molar-refractivity contribution is -0.193. The number of guanidine groups is 1. The first kappa shape index (κ1) is 34.8. The second-order valence-electron chi connectivity index (χ2n) is 8.12. The van der Waals surface area contributed by atoms with Crippen LogP contribution in [-0.2, 0) is 9.59 Å². The molecule has 1 saturated heterocycles. The third-order valence-electron chi connectivity index (χ3n) is 4.78. The van der Waals surface area contributed by atoms with Crippen molar-refractivity contribution in [1.82, 2.24) is 10.2 Å². The number of nitrogens with two attached hydrogens (primary N) is 1. The molecule has 0 bridgehead atoms. The number of carbonyl (C=O) groups is 2. The van der Waals surface area contributed by atoms with Gasteiger partial charge in [0.1, 0.15) is 5.75 Å². The zero-order valence-corrected chi connectivity index (χ0v) is 21.1. The van der Waals surface area contributed by atoms with E-state index in [1.54, 1.807) is 0 Å². The summed E-state index contributed by atoms with van der Waals surface area (Å²) in [6.45, 7) is 8.86. The fourth-order valence-corrected chi connectivity index (χ4v) is 2.70. The highest BCUT2D eigenvalue weighted by atomic mass is 19.4. The molecule has 0 aromatic heterocycles. The number of carboxylic acids is 2. The minimum absolute atomic E-state index is 0.695. The molecule has 0 saturated carbocycles. The summed E-state index contributed by atoms with van der Waals surface area (Å²) in [4.78, 5) is 25.0. The van der Waals surface area contributed by atoms with Gasteiger partial charge < -0.3 is 30.9 Å². The van der Waals surface area contributed by atoms with E-state index in [0.29, 0.717) is 6.54 Å². The number of nitrogens with one attached hydrogen (secondary N) is 1. The largest absolute Gasteiger partial charge is 0.494 e. The Kier molecular flexibility index (Phi) is 15.8. The Morgan fingerprint density at radius 2 is 1.53 bits per heavy atom. The highest BCUT2D eigenvalue weighted by Gasteiger charge is 2.38. The van der Waals surface area contributed by atoms with Gasteiger partial charge >= 0.3 is 24.3 Å². The number of hydrogen-bond acceptors (Lipinski definition) is 5. The molecular formula is C23H34F6N4O5. The molecule has 1 aliphatic rings. The van der Waals surface area contributed by atoms with Crippen molar-refractivity contribution in [1.29, 1.82) is 0 Å². The molecule has 1 heterocycles. The van der Waals surface area contributed by atoms with Gasteiger partial charge in [-0.25, -0.2) is 14.6 Å². The Morgan fingerprint density at radius 3 is 1.92 bits per heavy atom. The van der Waals surface area contributed by atoms with Gasteiger partial charge in [0.15, 0.2) is 5.96 Å². The predicted molar refractivity (Wildman–Crippen MR) is 128 cm³/mol. The summed E-state index contributed by atoms with van der Waals surface area (Å²) >= 11 is 0. The Balaban J connectivity index is 0.000000804. The van der Waals surface area contributed by atoms with Crippen LogP contribution >= 0.6 is 0 Å². The molecule has 1 aromatic rings. The number of carboxylic acid groups (broad SMARTS) is 2. The second-order valence-corrected chi connectivity index (χ2v) is 8.12. The molecule has 218 valence electrons. The van der Waals surface area contributed by atoms with E-state index in [1.165, 1.54) is 12.8 Å². The molecule has 0 atom stereocenters. The van der Waals surface area contributed by atoms with Crippen molar-refractivity contribution in [3.05, 3.63) is 24.3 Å². The Bertz CT molecular complexity index is 831. The summed E-state index contributed by atoms with van der Waals surface area (Å²) in [6, 6.07) is 8.01. The number of halogens is 6. The van der Waals surface area contributed by atoms with Gasteiger partial charge in [-0.05, 0) is 62.4 Å². The average Bonchev–Trinajstić information content (AvgIpc) is 2.83. The summed E-state index contributed by atoms with van der Waals surface area (Å²) in [7, 11) is 0. The highest BCUT2D eigenvalue weighted by molar-refractivity contribution is 5.83. The van der Waals surface area contributed by atoms with Crippen LogP contribution in [0.15, 0.2) is 29.3 Å². The number of aliphatic carboxylic acids is 2. The quantitative estimate of drug-likeness (QED) is 0.167. The number of hydrogen-bond donors (Lipinski definition) is 4. The van der Waals surface area contributed by atoms with Crippen LogP contribution in [0.25, 0.3) is 0 Å². The number of rotatable bonds is 7. The minimum atomic E-state index is -5.08. The maximum atomic E-state index is 10.6. The van der Waals surface area contributed by atoms with Crippen molar-refractivity contribution in [3.63, 3.8) is 0 Å². The van der Waals surface area contributed by atoms with E-state index in [1.807, 2.05) is 24.3 Å². The molecule has 38 heavy (non-hydrogen) atoms. The second kappa shape index (κ2) is 17.3.